The van der Waals surface area contributed by atoms with E-state index in [1.807, 2.05) is 13.8 Å². The fourth-order valence-electron chi connectivity index (χ4n) is 3.32. The first-order chi connectivity index (χ1) is 14.0. The van der Waals surface area contributed by atoms with E-state index in [4.69, 9.17) is 11.6 Å². The standard InChI is InChI=1S/C13H17ClN4S.C5H9F2N.C2H6/c1-2-9-16-10-11(15-8-6-4-3-5-7-8)17-13(14)18-12(10)19-9;6-5(7)1-3-8-4-2-5;1-2/h8H,2-7H2,1H3,(H,15,17,18);8H,1-4H2;1-2H3. The van der Waals surface area contributed by atoms with Gasteiger partial charge in [-0.2, -0.15) is 4.98 Å². The molecule has 2 fully saturated rings. The normalized spacial score (nSPS) is 19.0. The third-order valence-electron chi connectivity index (χ3n) is 4.86. The monoisotopic (exact) mass is 447 g/mol. The molecular weight excluding hydrogens is 416 g/mol. The van der Waals surface area contributed by atoms with Crippen LogP contribution in [0.15, 0.2) is 0 Å². The highest BCUT2D eigenvalue weighted by Gasteiger charge is 2.30. The van der Waals surface area contributed by atoms with Gasteiger partial charge in [-0.25, -0.2) is 18.7 Å². The summed E-state index contributed by atoms with van der Waals surface area (Å²) in [7, 11) is 0. The van der Waals surface area contributed by atoms with Crippen molar-refractivity contribution in [3.63, 3.8) is 0 Å². The lowest BCUT2D eigenvalue weighted by molar-refractivity contribution is -0.0274. The number of hydrogen-bond acceptors (Lipinski definition) is 6. The van der Waals surface area contributed by atoms with Gasteiger partial charge in [0.1, 0.15) is 5.52 Å². The molecule has 164 valence electrons. The first-order valence-electron chi connectivity index (χ1n) is 10.6. The van der Waals surface area contributed by atoms with E-state index < -0.39 is 5.92 Å². The Bertz CT molecular complexity index is 742. The maximum absolute atomic E-state index is 12.2. The van der Waals surface area contributed by atoms with Gasteiger partial charge >= 0.3 is 0 Å². The number of hydrogen-bond donors (Lipinski definition) is 2. The first kappa shape index (κ1) is 24.2. The van der Waals surface area contributed by atoms with Crippen LogP contribution in [0.5, 0.6) is 0 Å². The Morgan fingerprint density at radius 3 is 2.31 bits per heavy atom. The Morgan fingerprint density at radius 2 is 1.76 bits per heavy atom. The quantitative estimate of drug-likeness (QED) is 0.558. The van der Waals surface area contributed by atoms with Crippen molar-refractivity contribution in [1.29, 1.82) is 0 Å². The molecule has 9 heteroatoms. The molecule has 0 radical (unpaired) electrons. The van der Waals surface area contributed by atoms with Crippen molar-refractivity contribution in [2.45, 2.75) is 84.1 Å². The van der Waals surface area contributed by atoms with Crippen LogP contribution in [0.2, 0.25) is 5.28 Å². The molecule has 2 aromatic rings. The third-order valence-corrected chi connectivity index (χ3v) is 6.12. The number of thiazole rings is 1. The maximum Gasteiger partial charge on any atom is 0.250 e. The molecule has 4 rings (SSSR count). The first-order valence-corrected chi connectivity index (χ1v) is 11.8. The number of piperidine rings is 1. The molecule has 1 saturated carbocycles. The molecule has 2 aliphatic rings. The Balaban J connectivity index is 0.000000252. The lowest BCUT2D eigenvalue weighted by atomic mass is 9.95. The zero-order valence-corrected chi connectivity index (χ0v) is 19.1. The van der Waals surface area contributed by atoms with Crippen LogP contribution in [0, 0.1) is 0 Å². The van der Waals surface area contributed by atoms with E-state index in [1.165, 1.54) is 32.1 Å². The van der Waals surface area contributed by atoms with E-state index in [0.29, 0.717) is 24.4 Å². The number of nitrogens with zero attached hydrogens (tertiary/aromatic N) is 3. The second kappa shape index (κ2) is 11.9. The fourth-order valence-corrected chi connectivity index (χ4v) is 4.42. The number of halogens is 3. The van der Waals surface area contributed by atoms with Crippen molar-refractivity contribution in [1.82, 2.24) is 20.3 Å². The van der Waals surface area contributed by atoms with Gasteiger partial charge in [0.2, 0.25) is 5.28 Å². The minimum atomic E-state index is -2.38. The second-order valence-electron chi connectivity index (χ2n) is 7.04. The number of fused-ring (bicyclic) bond motifs is 1. The third kappa shape index (κ3) is 7.57. The molecule has 2 N–H and O–H groups in total. The average Bonchev–Trinajstić information content (AvgIpc) is 3.14. The Kier molecular flexibility index (Phi) is 9.92. The molecule has 29 heavy (non-hydrogen) atoms. The van der Waals surface area contributed by atoms with E-state index in [2.05, 4.69) is 32.5 Å². The number of anilines is 1. The van der Waals surface area contributed by atoms with Crippen LogP contribution in [-0.4, -0.2) is 40.0 Å². The number of nitrogens with one attached hydrogen (secondary N) is 2. The topological polar surface area (TPSA) is 62.7 Å². The Morgan fingerprint density at radius 1 is 1.10 bits per heavy atom. The zero-order chi connectivity index (χ0) is 21.3. The van der Waals surface area contributed by atoms with Gasteiger partial charge < -0.3 is 10.6 Å². The van der Waals surface area contributed by atoms with Crippen molar-refractivity contribution in [3.8, 4) is 0 Å². The van der Waals surface area contributed by atoms with Gasteiger partial charge in [-0.15, -0.1) is 0 Å². The van der Waals surface area contributed by atoms with Gasteiger partial charge in [0, 0.05) is 32.0 Å². The van der Waals surface area contributed by atoms with Gasteiger partial charge in [-0.05, 0) is 30.9 Å². The molecule has 0 atom stereocenters. The van der Waals surface area contributed by atoms with Gasteiger partial charge in [0.25, 0.3) is 5.92 Å². The van der Waals surface area contributed by atoms with Crippen LogP contribution in [0.4, 0.5) is 14.6 Å². The number of aryl methyl sites for hydroxylation is 1. The summed E-state index contributed by atoms with van der Waals surface area (Å²) in [4.78, 5) is 14.1. The van der Waals surface area contributed by atoms with E-state index >= 15 is 0 Å². The minimum Gasteiger partial charge on any atom is -0.365 e. The molecule has 0 aromatic carbocycles. The van der Waals surface area contributed by atoms with E-state index in [0.717, 1.165) is 27.6 Å². The van der Waals surface area contributed by atoms with Crippen LogP contribution in [0.25, 0.3) is 10.3 Å². The van der Waals surface area contributed by atoms with Crippen molar-refractivity contribution in [2.24, 2.45) is 0 Å². The molecule has 0 bridgehead atoms. The molecule has 5 nitrogen and oxygen atoms in total. The average molecular weight is 448 g/mol. The summed E-state index contributed by atoms with van der Waals surface area (Å²) >= 11 is 7.61. The highest BCUT2D eigenvalue weighted by molar-refractivity contribution is 7.18. The summed E-state index contributed by atoms with van der Waals surface area (Å²) in [5.74, 6) is -1.58. The molecular formula is C20H32ClF2N5S. The van der Waals surface area contributed by atoms with Crippen LogP contribution in [0.1, 0.15) is 70.7 Å². The fraction of sp³-hybridized carbons (Fsp3) is 0.750. The van der Waals surface area contributed by atoms with Crippen molar-refractivity contribution < 1.29 is 8.78 Å². The molecule has 3 heterocycles. The van der Waals surface area contributed by atoms with E-state index in [1.54, 1.807) is 11.3 Å². The van der Waals surface area contributed by atoms with Crippen molar-refractivity contribution in [2.75, 3.05) is 18.4 Å². The molecule has 0 spiro atoms. The predicted molar refractivity (Wildman–Crippen MR) is 118 cm³/mol. The lowest BCUT2D eigenvalue weighted by Gasteiger charge is -2.23. The molecule has 1 aliphatic carbocycles. The Hall–Kier alpha value is -1.12. The van der Waals surface area contributed by atoms with Crippen LogP contribution >= 0.6 is 22.9 Å². The van der Waals surface area contributed by atoms with E-state index in [-0.39, 0.29) is 12.8 Å². The van der Waals surface area contributed by atoms with E-state index in [9.17, 15) is 8.78 Å². The predicted octanol–water partition coefficient (Wildman–Crippen LogP) is 6.08. The molecule has 1 aliphatic heterocycles. The largest absolute Gasteiger partial charge is 0.365 e. The zero-order valence-electron chi connectivity index (χ0n) is 17.5. The summed E-state index contributed by atoms with van der Waals surface area (Å²) in [6, 6.07) is 0.495. The number of alkyl halides is 2. The smallest absolute Gasteiger partial charge is 0.250 e. The maximum atomic E-state index is 12.2. The number of aromatic nitrogens is 3. The second-order valence-corrected chi connectivity index (χ2v) is 8.44. The summed E-state index contributed by atoms with van der Waals surface area (Å²) in [6.45, 7) is 7.03. The minimum absolute atomic E-state index is 0.00694. The lowest BCUT2D eigenvalue weighted by Crippen LogP contribution is -2.35. The number of rotatable bonds is 3. The van der Waals surface area contributed by atoms with Crippen LogP contribution in [-0.2, 0) is 6.42 Å². The summed E-state index contributed by atoms with van der Waals surface area (Å²) in [6.07, 6.45) is 7.26. The highest BCUT2D eigenvalue weighted by Crippen LogP contribution is 2.29. The summed E-state index contributed by atoms with van der Waals surface area (Å²) in [5, 5.41) is 7.76. The van der Waals surface area contributed by atoms with Gasteiger partial charge in [-0.1, -0.05) is 51.4 Å². The SMILES string of the molecule is CC.CCc1nc2c(NC3CCCCC3)nc(Cl)nc2s1.FC1(F)CCNCC1. The van der Waals surface area contributed by atoms with Crippen LogP contribution < -0.4 is 10.6 Å². The molecule has 0 amide bonds. The van der Waals surface area contributed by atoms with Gasteiger partial charge in [0.05, 0.1) is 5.01 Å². The van der Waals surface area contributed by atoms with Crippen LogP contribution in [0.3, 0.4) is 0 Å². The molecule has 1 saturated heterocycles. The highest BCUT2D eigenvalue weighted by atomic mass is 35.5. The van der Waals surface area contributed by atoms with Gasteiger partial charge in [0.15, 0.2) is 10.6 Å². The van der Waals surface area contributed by atoms with Crippen molar-refractivity contribution >= 4 is 39.1 Å². The van der Waals surface area contributed by atoms with Crippen molar-refractivity contribution in [3.05, 3.63) is 10.3 Å². The summed E-state index contributed by atoms with van der Waals surface area (Å²) < 4.78 is 24.3. The summed E-state index contributed by atoms with van der Waals surface area (Å²) in [5.41, 5.74) is 0.872. The molecule has 2 aromatic heterocycles. The Labute approximate surface area is 181 Å². The van der Waals surface area contributed by atoms with Gasteiger partial charge in [-0.3, -0.25) is 0 Å². The molecule has 0 unspecified atom stereocenters.